The molecule has 0 atom stereocenters. The zero-order valence-electron chi connectivity index (χ0n) is 12.8. The van der Waals surface area contributed by atoms with Crippen LogP contribution in [0, 0.1) is 12.8 Å². The van der Waals surface area contributed by atoms with Crippen LogP contribution in [-0.2, 0) is 6.54 Å². The summed E-state index contributed by atoms with van der Waals surface area (Å²) in [5, 5.41) is 5.08. The van der Waals surface area contributed by atoms with Gasteiger partial charge in [0.05, 0.1) is 11.9 Å². The van der Waals surface area contributed by atoms with Crippen LogP contribution < -0.4 is 10.5 Å². The fourth-order valence-electron chi connectivity index (χ4n) is 2.92. The van der Waals surface area contributed by atoms with Crippen molar-refractivity contribution in [1.29, 1.82) is 0 Å². The lowest BCUT2D eigenvalue weighted by atomic mass is 10.00. The average Bonchev–Trinajstić information content (AvgIpc) is 2.51. The normalized spacial score (nSPS) is 14.9. The number of hydrogen-bond donors (Lipinski definition) is 0. The monoisotopic (exact) mass is 308 g/mol. The summed E-state index contributed by atoms with van der Waals surface area (Å²) < 4.78 is 1.52. The Morgan fingerprint density at radius 1 is 1.17 bits per heavy atom. The average molecular weight is 308 g/mol. The molecule has 1 fully saturated rings. The van der Waals surface area contributed by atoms with Crippen LogP contribution in [0.25, 0.3) is 11.0 Å². The van der Waals surface area contributed by atoms with Crippen molar-refractivity contribution < 1.29 is 0 Å². The SMILES string of the molecule is Cc1nc(N2CC(Cn3ncccc3=O)C2)c2cccnc2n1. The molecular weight excluding hydrogens is 292 g/mol. The lowest BCUT2D eigenvalue weighted by molar-refractivity contribution is 0.333. The number of nitrogens with zero attached hydrogens (tertiary/aromatic N) is 6. The fraction of sp³-hybridized carbons (Fsp3) is 0.312. The number of fused-ring (bicyclic) bond motifs is 1. The minimum Gasteiger partial charge on any atom is -0.355 e. The molecule has 0 saturated carbocycles. The van der Waals surface area contributed by atoms with E-state index in [1.54, 1.807) is 18.5 Å². The Morgan fingerprint density at radius 2 is 2.00 bits per heavy atom. The van der Waals surface area contributed by atoms with Crippen molar-refractivity contribution in [2.24, 2.45) is 5.92 Å². The molecule has 116 valence electrons. The molecule has 0 aromatic carbocycles. The third-order valence-corrected chi connectivity index (χ3v) is 4.04. The van der Waals surface area contributed by atoms with Crippen LogP contribution in [0.1, 0.15) is 5.82 Å². The van der Waals surface area contributed by atoms with Crippen molar-refractivity contribution >= 4 is 16.9 Å². The summed E-state index contributed by atoms with van der Waals surface area (Å²) in [6, 6.07) is 7.09. The highest BCUT2D eigenvalue weighted by atomic mass is 16.1. The first-order valence-corrected chi connectivity index (χ1v) is 7.57. The summed E-state index contributed by atoms with van der Waals surface area (Å²) in [7, 11) is 0. The number of anilines is 1. The Labute approximate surface area is 132 Å². The predicted molar refractivity (Wildman–Crippen MR) is 86.3 cm³/mol. The molecule has 1 aliphatic heterocycles. The molecule has 0 aliphatic carbocycles. The van der Waals surface area contributed by atoms with Crippen molar-refractivity contribution in [2.75, 3.05) is 18.0 Å². The third kappa shape index (κ3) is 2.54. The lowest BCUT2D eigenvalue weighted by Gasteiger charge is -2.40. The van der Waals surface area contributed by atoms with E-state index < -0.39 is 0 Å². The van der Waals surface area contributed by atoms with Gasteiger partial charge in [0.15, 0.2) is 5.65 Å². The van der Waals surface area contributed by atoms with Crippen LogP contribution in [-0.4, -0.2) is 37.8 Å². The van der Waals surface area contributed by atoms with Gasteiger partial charge in [-0.25, -0.2) is 19.6 Å². The van der Waals surface area contributed by atoms with Gasteiger partial charge in [-0.05, 0) is 25.1 Å². The summed E-state index contributed by atoms with van der Waals surface area (Å²) in [6.07, 6.45) is 3.38. The van der Waals surface area contributed by atoms with Crippen LogP contribution in [0.15, 0.2) is 41.5 Å². The lowest BCUT2D eigenvalue weighted by Crippen LogP contribution is -2.50. The van der Waals surface area contributed by atoms with Gasteiger partial charge in [-0.1, -0.05) is 0 Å². The smallest absolute Gasteiger partial charge is 0.266 e. The van der Waals surface area contributed by atoms with Gasteiger partial charge in [0, 0.05) is 37.5 Å². The van der Waals surface area contributed by atoms with Gasteiger partial charge in [-0.2, -0.15) is 5.10 Å². The molecule has 0 bridgehead atoms. The molecule has 4 rings (SSSR count). The summed E-state index contributed by atoms with van der Waals surface area (Å²) >= 11 is 0. The van der Waals surface area contributed by atoms with Gasteiger partial charge in [-0.15, -0.1) is 0 Å². The second-order valence-electron chi connectivity index (χ2n) is 5.78. The second-order valence-corrected chi connectivity index (χ2v) is 5.78. The van der Waals surface area contributed by atoms with Crippen molar-refractivity contribution in [1.82, 2.24) is 24.7 Å². The molecule has 0 amide bonds. The topological polar surface area (TPSA) is 76.8 Å². The molecule has 7 heteroatoms. The van der Waals surface area contributed by atoms with Gasteiger partial charge >= 0.3 is 0 Å². The van der Waals surface area contributed by atoms with Gasteiger partial charge in [0.2, 0.25) is 0 Å². The maximum Gasteiger partial charge on any atom is 0.266 e. The van der Waals surface area contributed by atoms with E-state index in [1.807, 2.05) is 19.1 Å². The van der Waals surface area contributed by atoms with E-state index in [-0.39, 0.29) is 5.56 Å². The highest BCUT2D eigenvalue weighted by molar-refractivity contribution is 5.87. The Hall–Kier alpha value is -2.83. The van der Waals surface area contributed by atoms with Crippen LogP contribution in [0.4, 0.5) is 5.82 Å². The third-order valence-electron chi connectivity index (χ3n) is 4.04. The molecule has 0 radical (unpaired) electrons. The Morgan fingerprint density at radius 3 is 2.83 bits per heavy atom. The quantitative estimate of drug-likeness (QED) is 0.719. The molecular formula is C16H16N6O. The maximum absolute atomic E-state index is 11.7. The predicted octanol–water partition coefficient (Wildman–Crippen LogP) is 1.03. The largest absolute Gasteiger partial charge is 0.355 e. The van der Waals surface area contributed by atoms with E-state index in [1.165, 1.54) is 10.7 Å². The van der Waals surface area contributed by atoms with Crippen molar-refractivity contribution in [3.63, 3.8) is 0 Å². The van der Waals surface area contributed by atoms with Crippen molar-refractivity contribution in [2.45, 2.75) is 13.5 Å². The number of pyridine rings is 1. The second kappa shape index (κ2) is 5.42. The summed E-state index contributed by atoms with van der Waals surface area (Å²) in [6.45, 7) is 4.21. The zero-order valence-corrected chi connectivity index (χ0v) is 12.8. The molecule has 0 unspecified atom stereocenters. The first-order valence-electron chi connectivity index (χ1n) is 7.57. The maximum atomic E-state index is 11.7. The molecule has 23 heavy (non-hydrogen) atoms. The molecule has 1 saturated heterocycles. The van der Waals surface area contributed by atoms with Gasteiger partial charge in [0.1, 0.15) is 11.6 Å². The molecule has 3 aromatic heterocycles. The minimum atomic E-state index is -0.0570. The van der Waals surface area contributed by atoms with Crippen molar-refractivity contribution in [3.05, 3.63) is 52.8 Å². The van der Waals surface area contributed by atoms with Crippen LogP contribution in [0.2, 0.25) is 0 Å². The molecule has 7 nitrogen and oxygen atoms in total. The fourth-order valence-corrected chi connectivity index (χ4v) is 2.92. The molecule has 3 aromatic rings. The number of hydrogen-bond acceptors (Lipinski definition) is 6. The summed E-state index contributed by atoms with van der Waals surface area (Å²) in [5.74, 6) is 2.03. The summed E-state index contributed by atoms with van der Waals surface area (Å²) in [4.78, 5) is 27.2. The Kier molecular flexibility index (Phi) is 3.25. The van der Waals surface area contributed by atoms with Crippen LogP contribution >= 0.6 is 0 Å². The number of aromatic nitrogens is 5. The molecule has 0 spiro atoms. The first-order chi connectivity index (χ1) is 11.2. The van der Waals surface area contributed by atoms with Gasteiger partial charge < -0.3 is 4.90 Å². The van der Waals surface area contributed by atoms with E-state index >= 15 is 0 Å². The van der Waals surface area contributed by atoms with E-state index in [0.29, 0.717) is 12.5 Å². The molecule has 1 aliphatic rings. The first kappa shape index (κ1) is 13.8. The molecule has 0 N–H and O–H groups in total. The van der Waals surface area contributed by atoms with E-state index in [4.69, 9.17) is 0 Å². The van der Waals surface area contributed by atoms with Crippen LogP contribution in [0.5, 0.6) is 0 Å². The Bertz CT molecular complexity index is 916. The van der Waals surface area contributed by atoms with Crippen molar-refractivity contribution in [3.8, 4) is 0 Å². The van der Waals surface area contributed by atoms with Crippen LogP contribution in [0.3, 0.4) is 0 Å². The number of aryl methyl sites for hydroxylation is 1. The Balaban J connectivity index is 1.54. The van der Waals surface area contributed by atoms with Gasteiger partial charge in [-0.3, -0.25) is 4.79 Å². The molecule has 4 heterocycles. The number of rotatable bonds is 3. The zero-order chi connectivity index (χ0) is 15.8. The van der Waals surface area contributed by atoms with E-state index in [9.17, 15) is 4.79 Å². The van der Waals surface area contributed by atoms with Gasteiger partial charge in [0.25, 0.3) is 5.56 Å². The highest BCUT2D eigenvalue weighted by Crippen LogP contribution is 2.29. The summed E-state index contributed by atoms with van der Waals surface area (Å²) in [5.41, 5.74) is 0.665. The highest BCUT2D eigenvalue weighted by Gasteiger charge is 2.30. The standard InChI is InChI=1S/C16H16N6O/c1-11-19-15-13(4-2-6-17-15)16(20-11)21-8-12(9-21)10-22-14(23)5-3-7-18-22/h2-7,12H,8-10H2,1H3. The van der Waals surface area contributed by atoms with E-state index in [2.05, 4.69) is 25.0 Å². The van der Waals surface area contributed by atoms with E-state index in [0.717, 1.165) is 35.8 Å². The minimum absolute atomic E-state index is 0.0570.